The molecular weight excluding hydrogens is 268 g/mol. The molecule has 0 aromatic rings. The Balaban J connectivity index is 1.77. The van der Waals surface area contributed by atoms with E-state index in [9.17, 15) is 0 Å². The molecule has 0 aromatic carbocycles. The van der Waals surface area contributed by atoms with E-state index in [0.29, 0.717) is 0 Å². The van der Waals surface area contributed by atoms with Crippen molar-refractivity contribution in [1.29, 1.82) is 0 Å². The summed E-state index contributed by atoms with van der Waals surface area (Å²) >= 11 is 0. The minimum atomic E-state index is 0.912. The molecule has 126 valence electrons. The van der Waals surface area contributed by atoms with Gasteiger partial charge < -0.3 is 4.74 Å². The fourth-order valence-corrected chi connectivity index (χ4v) is 2.75. The first-order valence-corrected chi connectivity index (χ1v) is 9.55. The summed E-state index contributed by atoms with van der Waals surface area (Å²) in [7, 11) is 0. The van der Waals surface area contributed by atoms with E-state index in [2.05, 4.69) is 37.3 Å². The Morgan fingerprint density at radius 2 is 1.55 bits per heavy atom. The van der Waals surface area contributed by atoms with Gasteiger partial charge in [-0.05, 0) is 44.6 Å². The molecule has 1 heterocycles. The maximum atomic E-state index is 5.52. The second-order valence-corrected chi connectivity index (χ2v) is 6.29. The zero-order valence-electron chi connectivity index (χ0n) is 14.7. The first-order valence-electron chi connectivity index (χ1n) is 9.55. The highest BCUT2D eigenvalue weighted by atomic mass is 16.5. The lowest BCUT2D eigenvalue weighted by atomic mass is 10.1. The molecule has 0 unspecified atom stereocenters. The standard InChI is InChI=1S/C21H36O/c1-2-3-4-5-6-7-8-9-10-11-12-13-14-15-16-18-21-19-17-20-22-21/h6-7,9-10,19H,2-5,8,11-18,20H2,1H3/b7-6-,10-9-. The van der Waals surface area contributed by atoms with E-state index >= 15 is 0 Å². The zero-order chi connectivity index (χ0) is 15.7. The molecule has 0 fully saturated rings. The van der Waals surface area contributed by atoms with E-state index in [4.69, 9.17) is 4.74 Å². The largest absolute Gasteiger partial charge is 0.498 e. The van der Waals surface area contributed by atoms with Crippen molar-refractivity contribution in [2.45, 2.75) is 90.4 Å². The van der Waals surface area contributed by atoms with E-state index in [1.807, 2.05) is 0 Å². The lowest BCUT2D eigenvalue weighted by Gasteiger charge is -2.03. The first-order chi connectivity index (χ1) is 10.9. The summed E-state index contributed by atoms with van der Waals surface area (Å²) in [5.41, 5.74) is 0. The van der Waals surface area contributed by atoms with Gasteiger partial charge in [0.25, 0.3) is 0 Å². The van der Waals surface area contributed by atoms with Gasteiger partial charge in [0.15, 0.2) is 0 Å². The zero-order valence-corrected chi connectivity index (χ0v) is 14.7. The molecule has 0 bridgehead atoms. The fourth-order valence-electron chi connectivity index (χ4n) is 2.75. The summed E-state index contributed by atoms with van der Waals surface area (Å²) in [6.07, 6.45) is 28.2. The van der Waals surface area contributed by atoms with Crippen LogP contribution in [0.3, 0.4) is 0 Å². The SMILES string of the molecule is CCCCC/C=C\C/C=C\CCCCCCCC1=CCCO1. The van der Waals surface area contributed by atoms with Crippen LogP contribution in [0.25, 0.3) is 0 Å². The smallest absolute Gasteiger partial charge is 0.0921 e. The van der Waals surface area contributed by atoms with Gasteiger partial charge >= 0.3 is 0 Å². The maximum Gasteiger partial charge on any atom is 0.0921 e. The molecule has 1 nitrogen and oxygen atoms in total. The Bertz CT molecular complexity index is 325. The third-order valence-corrected chi connectivity index (χ3v) is 4.15. The lowest BCUT2D eigenvalue weighted by Crippen LogP contribution is -1.86. The second-order valence-electron chi connectivity index (χ2n) is 6.29. The van der Waals surface area contributed by atoms with Gasteiger partial charge in [-0.2, -0.15) is 0 Å². The topological polar surface area (TPSA) is 9.23 Å². The van der Waals surface area contributed by atoms with Crippen molar-refractivity contribution < 1.29 is 4.74 Å². The van der Waals surface area contributed by atoms with Crippen molar-refractivity contribution in [3.05, 3.63) is 36.1 Å². The molecular formula is C21H36O. The average molecular weight is 305 g/mol. The summed E-state index contributed by atoms with van der Waals surface area (Å²) in [4.78, 5) is 0. The maximum absolute atomic E-state index is 5.52. The van der Waals surface area contributed by atoms with Gasteiger partial charge in [-0.25, -0.2) is 0 Å². The van der Waals surface area contributed by atoms with E-state index < -0.39 is 0 Å². The summed E-state index contributed by atoms with van der Waals surface area (Å²) in [6.45, 7) is 3.17. The number of hydrogen-bond donors (Lipinski definition) is 0. The minimum Gasteiger partial charge on any atom is -0.498 e. The predicted octanol–water partition coefficient (Wildman–Crippen LogP) is 7.10. The Hall–Kier alpha value is -0.980. The summed E-state index contributed by atoms with van der Waals surface area (Å²) in [6, 6.07) is 0. The first kappa shape index (κ1) is 19.1. The Morgan fingerprint density at radius 3 is 2.23 bits per heavy atom. The number of ether oxygens (including phenoxy) is 1. The monoisotopic (exact) mass is 304 g/mol. The molecule has 0 atom stereocenters. The third-order valence-electron chi connectivity index (χ3n) is 4.15. The lowest BCUT2D eigenvalue weighted by molar-refractivity contribution is 0.232. The predicted molar refractivity (Wildman–Crippen MR) is 98.0 cm³/mol. The van der Waals surface area contributed by atoms with Crippen LogP contribution in [0.15, 0.2) is 36.1 Å². The van der Waals surface area contributed by atoms with Crippen LogP contribution in [0.5, 0.6) is 0 Å². The van der Waals surface area contributed by atoms with Crippen molar-refractivity contribution >= 4 is 0 Å². The van der Waals surface area contributed by atoms with Crippen molar-refractivity contribution in [3.63, 3.8) is 0 Å². The van der Waals surface area contributed by atoms with E-state index in [1.165, 1.54) is 70.0 Å². The van der Waals surface area contributed by atoms with Crippen LogP contribution in [0.2, 0.25) is 0 Å². The van der Waals surface area contributed by atoms with Gasteiger partial charge in [-0.15, -0.1) is 0 Å². The van der Waals surface area contributed by atoms with Crippen LogP contribution < -0.4 is 0 Å². The highest BCUT2D eigenvalue weighted by molar-refractivity contribution is 4.97. The molecule has 1 rings (SSSR count). The van der Waals surface area contributed by atoms with Gasteiger partial charge in [-0.3, -0.25) is 0 Å². The summed E-state index contributed by atoms with van der Waals surface area (Å²) in [5.74, 6) is 1.24. The summed E-state index contributed by atoms with van der Waals surface area (Å²) < 4.78 is 5.52. The molecule has 0 aromatic heterocycles. The van der Waals surface area contributed by atoms with Crippen molar-refractivity contribution in [2.24, 2.45) is 0 Å². The summed E-state index contributed by atoms with van der Waals surface area (Å²) in [5, 5.41) is 0. The number of unbranched alkanes of at least 4 members (excludes halogenated alkanes) is 8. The molecule has 0 N–H and O–H groups in total. The molecule has 0 spiro atoms. The molecule has 0 radical (unpaired) electrons. The molecule has 1 heteroatoms. The van der Waals surface area contributed by atoms with Gasteiger partial charge in [0, 0.05) is 12.8 Å². The number of allylic oxidation sites excluding steroid dienone is 5. The van der Waals surface area contributed by atoms with Gasteiger partial charge in [-0.1, -0.05) is 63.3 Å². The van der Waals surface area contributed by atoms with Crippen LogP contribution in [0.4, 0.5) is 0 Å². The van der Waals surface area contributed by atoms with E-state index in [1.54, 1.807) is 0 Å². The van der Waals surface area contributed by atoms with E-state index in [0.717, 1.165) is 25.9 Å². The minimum absolute atomic E-state index is 0.912. The van der Waals surface area contributed by atoms with Crippen molar-refractivity contribution in [1.82, 2.24) is 0 Å². The molecule has 0 saturated heterocycles. The van der Waals surface area contributed by atoms with Crippen molar-refractivity contribution in [3.8, 4) is 0 Å². The Labute approximate surface area is 138 Å². The van der Waals surface area contributed by atoms with Crippen LogP contribution in [-0.2, 0) is 4.74 Å². The van der Waals surface area contributed by atoms with Gasteiger partial charge in [0.05, 0.1) is 12.4 Å². The molecule has 0 aliphatic carbocycles. The Kier molecular flexibility index (Phi) is 12.9. The normalized spacial score (nSPS) is 14.9. The second kappa shape index (κ2) is 14.9. The van der Waals surface area contributed by atoms with Crippen LogP contribution in [0.1, 0.15) is 90.4 Å². The average Bonchev–Trinajstić information content (AvgIpc) is 3.04. The third kappa shape index (κ3) is 11.7. The van der Waals surface area contributed by atoms with Crippen LogP contribution >= 0.6 is 0 Å². The molecule has 1 aliphatic heterocycles. The van der Waals surface area contributed by atoms with Gasteiger partial charge in [0.2, 0.25) is 0 Å². The highest BCUT2D eigenvalue weighted by Gasteiger charge is 2.03. The van der Waals surface area contributed by atoms with Gasteiger partial charge in [0.1, 0.15) is 0 Å². The number of hydrogen-bond acceptors (Lipinski definition) is 1. The van der Waals surface area contributed by atoms with E-state index in [-0.39, 0.29) is 0 Å². The molecule has 22 heavy (non-hydrogen) atoms. The number of rotatable bonds is 14. The molecule has 1 aliphatic rings. The Morgan fingerprint density at radius 1 is 0.864 bits per heavy atom. The quantitative estimate of drug-likeness (QED) is 0.245. The van der Waals surface area contributed by atoms with Crippen LogP contribution in [0, 0.1) is 0 Å². The highest BCUT2D eigenvalue weighted by Crippen LogP contribution is 2.17. The van der Waals surface area contributed by atoms with Crippen LogP contribution in [-0.4, -0.2) is 6.61 Å². The molecule has 0 amide bonds. The fraction of sp³-hybridized carbons (Fsp3) is 0.714. The molecule has 0 saturated carbocycles. The van der Waals surface area contributed by atoms with Crippen molar-refractivity contribution in [2.75, 3.05) is 6.61 Å².